The molecule has 3 aliphatic heterocycles. The molecule has 126 valence electrons. The van der Waals surface area contributed by atoms with Crippen molar-refractivity contribution in [2.45, 2.75) is 31.2 Å². The number of allylic oxidation sites excluding steroid dienone is 2. The first-order valence-electron chi connectivity index (χ1n) is 8.70. The summed E-state index contributed by atoms with van der Waals surface area (Å²) in [4.78, 5) is 12.0. The molecule has 2 saturated heterocycles. The number of fused-ring (bicyclic) bond motifs is 2. The van der Waals surface area contributed by atoms with Crippen LogP contribution in [0.4, 0.5) is 5.69 Å². The number of para-hydroxylation sites is 1. The number of rotatable bonds is 1. The first-order valence-corrected chi connectivity index (χ1v) is 8.70. The van der Waals surface area contributed by atoms with E-state index in [9.17, 15) is 4.79 Å². The molecule has 1 spiro atoms. The topological polar surface area (TPSA) is 29.1 Å². The zero-order valence-electron chi connectivity index (χ0n) is 14.2. The summed E-state index contributed by atoms with van der Waals surface area (Å²) in [6.45, 7) is 4.42. The van der Waals surface area contributed by atoms with Gasteiger partial charge < -0.3 is 22.2 Å². The summed E-state index contributed by atoms with van der Waals surface area (Å²) in [5.74, 6) is 0.316. The maximum atomic E-state index is 12.0. The minimum Gasteiger partial charge on any atom is -1.00 e. The second-order valence-electron chi connectivity index (χ2n) is 7.87. The Kier molecular flexibility index (Phi) is 3.29. The van der Waals surface area contributed by atoms with Gasteiger partial charge in [0.2, 0.25) is 0 Å². The second kappa shape index (κ2) is 4.96. The molecule has 5 rings (SSSR count). The van der Waals surface area contributed by atoms with E-state index in [4.69, 9.17) is 0 Å². The maximum absolute atomic E-state index is 12.0. The van der Waals surface area contributed by atoms with Crippen molar-refractivity contribution in [3.05, 3.63) is 52.7 Å². The largest absolute Gasteiger partial charge is 1.00 e. The van der Waals surface area contributed by atoms with Crippen LogP contribution < -0.4 is 17.7 Å². The highest BCUT2D eigenvalue weighted by molar-refractivity contribution is 5.84. The van der Waals surface area contributed by atoms with Crippen LogP contribution in [0.3, 0.4) is 0 Å². The number of hydrogen-bond donors (Lipinski definition) is 1. The number of carbonyl (C=O) groups is 1. The zero-order valence-corrected chi connectivity index (χ0v) is 14.9. The maximum Gasteiger partial charge on any atom is 0.148 e. The summed E-state index contributed by atoms with van der Waals surface area (Å²) < 4.78 is 1.13. The van der Waals surface area contributed by atoms with Crippen molar-refractivity contribution in [1.82, 2.24) is 0 Å². The Morgan fingerprint density at radius 3 is 2.88 bits per heavy atom. The standard InChI is InChI=1S/C20H22N2O.ClH/c1-3-13-11-22(2)9-8-20-16-6-4-5-7-17(16)21-19(20)15(12-23)14(13)10-18(20)22;/h3-7,12,14,18H,8-11H2,1-2H3;1H/b13-3-;/t14-,18?,20?,22?;/m0./s1. The second-order valence-corrected chi connectivity index (χ2v) is 7.87. The van der Waals surface area contributed by atoms with Gasteiger partial charge in [0, 0.05) is 35.7 Å². The average Bonchev–Trinajstić information content (AvgIpc) is 3.08. The number of anilines is 1. The molecular formula is C20H23ClN2O. The molecule has 1 N–H and O–H groups in total. The average molecular weight is 343 g/mol. The van der Waals surface area contributed by atoms with Crippen LogP contribution in [-0.4, -0.2) is 36.9 Å². The number of aldehydes is 1. The van der Waals surface area contributed by atoms with Gasteiger partial charge in [-0.25, -0.2) is 0 Å². The van der Waals surface area contributed by atoms with Gasteiger partial charge >= 0.3 is 0 Å². The van der Waals surface area contributed by atoms with Crippen molar-refractivity contribution in [3.8, 4) is 0 Å². The molecule has 2 fully saturated rings. The molecule has 3 unspecified atom stereocenters. The van der Waals surface area contributed by atoms with Crippen LogP contribution in [0.25, 0.3) is 0 Å². The van der Waals surface area contributed by atoms with Crippen molar-refractivity contribution < 1.29 is 21.7 Å². The lowest BCUT2D eigenvalue weighted by Gasteiger charge is -2.51. The molecule has 0 radical (unpaired) electrons. The van der Waals surface area contributed by atoms with Crippen molar-refractivity contribution in [2.75, 3.05) is 25.5 Å². The van der Waals surface area contributed by atoms with Crippen LogP contribution in [-0.2, 0) is 10.2 Å². The number of benzene rings is 1. The van der Waals surface area contributed by atoms with Gasteiger partial charge in [-0.1, -0.05) is 24.3 Å². The highest BCUT2D eigenvalue weighted by Gasteiger charge is 2.67. The zero-order chi connectivity index (χ0) is 15.8. The molecular weight excluding hydrogens is 320 g/mol. The van der Waals surface area contributed by atoms with E-state index in [0.29, 0.717) is 12.0 Å². The number of piperidine rings is 1. The van der Waals surface area contributed by atoms with Crippen LogP contribution in [0.15, 0.2) is 47.2 Å². The predicted molar refractivity (Wildman–Crippen MR) is 91.0 cm³/mol. The number of carbonyl (C=O) groups excluding carboxylic acids is 1. The molecule has 0 aromatic heterocycles. The van der Waals surface area contributed by atoms with Crippen LogP contribution in [0.5, 0.6) is 0 Å². The third-order valence-electron chi connectivity index (χ3n) is 7.06. The molecule has 3 nitrogen and oxygen atoms in total. The predicted octanol–water partition coefficient (Wildman–Crippen LogP) is 0.00560. The smallest absolute Gasteiger partial charge is 0.148 e. The number of halogens is 1. The van der Waals surface area contributed by atoms with Gasteiger partial charge in [0.1, 0.15) is 18.9 Å². The van der Waals surface area contributed by atoms with Gasteiger partial charge in [-0.15, -0.1) is 0 Å². The molecule has 2 bridgehead atoms. The first-order chi connectivity index (χ1) is 11.1. The van der Waals surface area contributed by atoms with Crippen molar-refractivity contribution in [2.24, 2.45) is 5.92 Å². The minimum atomic E-state index is 0. The summed E-state index contributed by atoms with van der Waals surface area (Å²) in [5, 5.41) is 3.66. The Morgan fingerprint density at radius 1 is 1.33 bits per heavy atom. The number of likely N-dealkylation sites (N-methyl/N-ethyl adjacent to an activating group) is 1. The van der Waals surface area contributed by atoms with Crippen molar-refractivity contribution in [3.63, 3.8) is 0 Å². The Bertz CT molecular complexity index is 799. The van der Waals surface area contributed by atoms with Crippen LogP contribution in [0.1, 0.15) is 25.3 Å². The Hall–Kier alpha value is -1.58. The summed E-state index contributed by atoms with van der Waals surface area (Å²) in [5.41, 5.74) is 6.35. The quantitative estimate of drug-likeness (QED) is 0.442. The molecule has 1 aromatic carbocycles. The van der Waals surface area contributed by atoms with E-state index >= 15 is 0 Å². The van der Waals surface area contributed by atoms with E-state index in [2.05, 4.69) is 49.6 Å². The summed E-state index contributed by atoms with van der Waals surface area (Å²) in [7, 11) is 2.42. The lowest BCUT2D eigenvalue weighted by Crippen LogP contribution is -3.00. The normalized spacial score (nSPS) is 39.8. The van der Waals surface area contributed by atoms with E-state index in [1.807, 2.05) is 0 Å². The third kappa shape index (κ3) is 1.60. The van der Waals surface area contributed by atoms with Crippen LogP contribution in [0.2, 0.25) is 0 Å². The fraction of sp³-hybridized carbons (Fsp3) is 0.450. The Labute approximate surface area is 149 Å². The van der Waals surface area contributed by atoms with Gasteiger partial charge in [0.15, 0.2) is 0 Å². The number of quaternary nitrogens is 1. The summed E-state index contributed by atoms with van der Waals surface area (Å²) in [6.07, 6.45) is 5.65. The highest BCUT2D eigenvalue weighted by atomic mass is 35.5. The lowest BCUT2D eigenvalue weighted by molar-refractivity contribution is -0.923. The van der Waals surface area contributed by atoms with E-state index < -0.39 is 0 Å². The van der Waals surface area contributed by atoms with Crippen LogP contribution in [0, 0.1) is 5.92 Å². The van der Waals surface area contributed by atoms with Gasteiger partial charge in [-0.2, -0.15) is 0 Å². The Balaban J connectivity index is 0.00000146. The molecule has 0 amide bonds. The van der Waals surface area contributed by atoms with E-state index in [1.165, 1.54) is 29.1 Å². The number of nitrogens with zero attached hydrogens (tertiary/aromatic N) is 1. The first kappa shape index (κ1) is 15.9. The fourth-order valence-electron chi connectivity index (χ4n) is 6.07. The van der Waals surface area contributed by atoms with Gasteiger partial charge in [0.05, 0.1) is 19.0 Å². The van der Waals surface area contributed by atoms with E-state index in [-0.39, 0.29) is 17.8 Å². The minimum absolute atomic E-state index is 0. The Morgan fingerprint density at radius 2 is 2.12 bits per heavy atom. The molecule has 1 aliphatic carbocycles. The molecule has 3 heterocycles. The molecule has 4 atom stereocenters. The molecule has 1 aromatic rings. The van der Waals surface area contributed by atoms with E-state index in [0.717, 1.165) is 35.7 Å². The summed E-state index contributed by atoms with van der Waals surface area (Å²) >= 11 is 0. The monoisotopic (exact) mass is 342 g/mol. The summed E-state index contributed by atoms with van der Waals surface area (Å²) in [6, 6.07) is 9.27. The highest BCUT2D eigenvalue weighted by Crippen LogP contribution is 2.62. The third-order valence-corrected chi connectivity index (χ3v) is 7.06. The molecule has 4 heteroatoms. The van der Waals surface area contributed by atoms with Gasteiger partial charge in [-0.3, -0.25) is 4.79 Å². The van der Waals surface area contributed by atoms with Crippen molar-refractivity contribution in [1.29, 1.82) is 0 Å². The molecule has 24 heavy (non-hydrogen) atoms. The SMILES string of the molecule is C/C=C1/C[N+]2(C)CCC34C(=C(C=O)[C@H]1CC32)Nc1ccccc14.[Cl-]. The van der Waals surface area contributed by atoms with E-state index in [1.54, 1.807) is 0 Å². The fourth-order valence-corrected chi connectivity index (χ4v) is 6.07. The molecule has 0 saturated carbocycles. The molecule has 4 aliphatic rings. The number of hydrogen-bond acceptors (Lipinski definition) is 2. The van der Waals surface area contributed by atoms with Gasteiger partial charge in [-0.05, 0) is 24.1 Å². The van der Waals surface area contributed by atoms with Crippen molar-refractivity contribution >= 4 is 12.0 Å². The lowest BCUT2D eigenvalue weighted by atomic mass is 9.61. The number of nitrogens with one attached hydrogen (secondary N) is 1. The van der Waals surface area contributed by atoms with Gasteiger partial charge in [0.25, 0.3) is 0 Å². The van der Waals surface area contributed by atoms with Crippen LogP contribution >= 0.6 is 0 Å².